The van der Waals surface area contributed by atoms with E-state index in [0.717, 1.165) is 12.1 Å². The molecule has 0 aliphatic carbocycles. The molecule has 2 N–H and O–H groups in total. The largest absolute Gasteiger partial charge is 0.324 e. The van der Waals surface area contributed by atoms with Crippen LogP contribution in [0.2, 0.25) is 0 Å². The zero-order valence-electron chi connectivity index (χ0n) is 12.6. The molecular formula is C17H11F3N4O. The van der Waals surface area contributed by atoms with Crippen LogP contribution in [0.3, 0.4) is 0 Å². The van der Waals surface area contributed by atoms with Gasteiger partial charge in [-0.2, -0.15) is 0 Å². The van der Waals surface area contributed by atoms with Crippen molar-refractivity contribution in [3.63, 3.8) is 0 Å². The van der Waals surface area contributed by atoms with Crippen molar-refractivity contribution < 1.29 is 18.0 Å². The number of nitrogens with zero attached hydrogens (tertiary/aromatic N) is 2. The summed E-state index contributed by atoms with van der Waals surface area (Å²) in [6.45, 7) is 0. The van der Waals surface area contributed by atoms with Crippen molar-refractivity contribution in [2.24, 2.45) is 0 Å². The fourth-order valence-corrected chi connectivity index (χ4v) is 1.98. The summed E-state index contributed by atoms with van der Waals surface area (Å²) in [5.41, 5.74) is 0.0420. The first-order valence-electron chi connectivity index (χ1n) is 7.13. The van der Waals surface area contributed by atoms with Crippen LogP contribution in [0.4, 0.5) is 30.5 Å². The second-order valence-corrected chi connectivity index (χ2v) is 4.98. The molecule has 0 spiro atoms. The number of aromatic nitrogens is 2. The highest BCUT2D eigenvalue weighted by atomic mass is 19.1. The number of benzene rings is 2. The van der Waals surface area contributed by atoms with Gasteiger partial charge in [0.2, 0.25) is 5.95 Å². The van der Waals surface area contributed by atoms with Crippen molar-refractivity contribution >= 4 is 23.2 Å². The number of rotatable bonds is 4. The SMILES string of the molecule is O=C(Nc1c(F)cccc1F)c1cnc(Nc2ccc(F)cc2)nc1. The van der Waals surface area contributed by atoms with Crippen LogP contribution in [0.25, 0.3) is 0 Å². The highest BCUT2D eigenvalue weighted by Crippen LogP contribution is 2.19. The van der Waals surface area contributed by atoms with Crippen LogP contribution < -0.4 is 10.6 Å². The van der Waals surface area contributed by atoms with Gasteiger partial charge in [-0.05, 0) is 36.4 Å². The molecule has 3 aromatic rings. The van der Waals surface area contributed by atoms with Gasteiger partial charge in [-0.1, -0.05) is 6.07 Å². The van der Waals surface area contributed by atoms with E-state index in [2.05, 4.69) is 20.6 Å². The van der Waals surface area contributed by atoms with Crippen LogP contribution in [0.15, 0.2) is 54.9 Å². The molecule has 0 saturated heterocycles. The predicted octanol–water partition coefficient (Wildman–Crippen LogP) is 3.89. The van der Waals surface area contributed by atoms with E-state index in [1.54, 1.807) is 0 Å². The quantitative estimate of drug-likeness (QED) is 0.753. The minimum Gasteiger partial charge on any atom is -0.324 e. The van der Waals surface area contributed by atoms with Gasteiger partial charge in [-0.15, -0.1) is 0 Å². The zero-order valence-corrected chi connectivity index (χ0v) is 12.6. The lowest BCUT2D eigenvalue weighted by Crippen LogP contribution is -2.15. The number of nitrogens with one attached hydrogen (secondary N) is 2. The molecule has 1 amide bonds. The van der Waals surface area contributed by atoms with Gasteiger partial charge in [0.15, 0.2) is 0 Å². The van der Waals surface area contributed by atoms with Crippen LogP contribution in [0.5, 0.6) is 0 Å². The van der Waals surface area contributed by atoms with E-state index in [0.29, 0.717) is 5.69 Å². The highest BCUT2D eigenvalue weighted by molar-refractivity contribution is 6.04. The molecule has 2 aromatic carbocycles. The fraction of sp³-hybridized carbons (Fsp3) is 0. The minimum atomic E-state index is -0.885. The fourth-order valence-electron chi connectivity index (χ4n) is 1.98. The molecule has 1 aromatic heterocycles. The summed E-state index contributed by atoms with van der Waals surface area (Å²) in [4.78, 5) is 19.9. The zero-order chi connectivity index (χ0) is 17.8. The average molecular weight is 344 g/mol. The first kappa shape index (κ1) is 16.4. The van der Waals surface area contributed by atoms with E-state index < -0.39 is 23.2 Å². The van der Waals surface area contributed by atoms with E-state index in [1.165, 1.54) is 42.7 Å². The Hall–Kier alpha value is -3.42. The number of para-hydroxylation sites is 1. The molecule has 0 unspecified atom stereocenters. The van der Waals surface area contributed by atoms with Crippen LogP contribution in [-0.2, 0) is 0 Å². The summed E-state index contributed by atoms with van der Waals surface area (Å²) >= 11 is 0. The summed E-state index contributed by atoms with van der Waals surface area (Å²) < 4.78 is 39.9. The topological polar surface area (TPSA) is 66.9 Å². The standard InChI is InChI=1S/C17H11F3N4O/c18-11-4-6-12(7-5-11)23-17-21-8-10(9-22-17)16(25)24-15-13(19)2-1-3-14(15)20/h1-9H,(H,24,25)(H,21,22,23). The maximum Gasteiger partial charge on any atom is 0.258 e. The molecule has 0 fully saturated rings. The maximum atomic E-state index is 13.5. The lowest BCUT2D eigenvalue weighted by atomic mass is 10.2. The van der Waals surface area contributed by atoms with E-state index >= 15 is 0 Å². The van der Waals surface area contributed by atoms with E-state index in [-0.39, 0.29) is 17.3 Å². The maximum absolute atomic E-state index is 13.5. The number of hydrogen-bond donors (Lipinski definition) is 2. The molecule has 0 aliphatic rings. The Labute approximate surface area is 140 Å². The third-order valence-electron chi connectivity index (χ3n) is 3.22. The summed E-state index contributed by atoms with van der Waals surface area (Å²) in [5.74, 6) is -2.72. The number of anilines is 3. The molecule has 0 atom stereocenters. The van der Waals surface area contributed by atoms with Gasteiger partial charge in [0, 0.05) is 18.1 Å². The summed E-state index contributed by atoms with van der Waals surface area (Å²) in [5, 5.41) is 4.96. The molecular weight excluding hydrogens is 333 g/mol. The summed E-state index contributed by atoms with van der Waals surface area (Å²) in [7, 11) is 0. The third-order valence-corrected chi connectivity index (χ3v) is 3.22. The van der Waals surface area contributed by atoms with Crippen molar-refractivity contribution in [1.82, 2.24) is 9.97 Å². The Balaban J connectivity index is 1.71. The second-order valence-electron chi connectivity index (χ2n) is 4.98. The molecule has 0 saturated carbocycles. The highest BCUT2D eigenvalue weighted by Gasteiger charge is 2.14. The molecule has 3 rings (SSSR count). The van der Waals surface area contributed by atoms with Crippen molar-refractivity contribution in [3.05, 3.63) is 77.9 Å². The van der Waals surface area contributed by atoms with Crippen molar-refractivity contribution in [2.45, 2.75) is 0 Å². The van der Waals surface area contributed by atoms with Crippen molar-refractivity contribution in [2.75, 3.05) is 10.6 Å². The Morgan fingerprint density at radius 1 is 0.880 bits per heavy atom. The molecule has 8 heteroatoms. The van der Waals surface area contributed by atoms with Crippen molar-refractivity contribution in [3.8, 4) is 0 Å². The van der Waals surface area contributed by atoms with Crippen LogP contribution in [-0.4, -0.2) is 15.9 Å². The van der Waals surface area contributed by atoms with Gasteiger partial charge in [-0.25, -0.2) is 23.1 Å². The monoisotopic (exact) mass is 344 g/mol. The van der Waals surface area contributed by atoms with Crippen LogP contribution >= 0.6 is 0 Å². The molecule has 0 bridgehead atoms. The predicted molar refractivity (Wildman–Crippen MR) is 86.0 cm³/mol. The summed E-state index contributed by atoms with van der Waals surface area (Å²) in [6, 6.07) is 8.80. The molecule has 126 valence electrons. The van der Waals surface area contributed by atoms with Crippen molar-refractivity contribution in [1.29, 1.82) is 0 Å². The van der Waals surface area contributed by atoms with Gasteiger partial charge in [0.25, 0.3) is 5.91 Å². The van der Waals surface area contributed by atoms with E-state index in [1.807, 2.05) is 0 Å². The minimum absolute atomic E-state index is 0.0207. The number of carbonyl (C=O) groups excluding carboxylic acids is 1. The molecule has 0 radical (unpaired) electrons. The van der Waals surface area contributed by atoms with Gasteiger partial charge >= 0.3 is 0 Å². The van der Waals surface area contributed by atoms with Gasteiger partial charge in [0.1, 0.15) is 23.1 Å². The number of halogens is 3. The Morgan fingerprint density at radius 3 is 2.08 bits per heavy atom. The third kappa shape index (κ3) is 3.92. The lowest BCUT2D eigenvalue weighted by Gasteiger charge is -2.08. The Morgan fingerprint density at radius 2 is 1.48 bits per heavy atom. The first-order chi connectivity index (χ1) is 12.0. The van der Waals surface area contributed by atoms with E-state index in [9.17, 15) is 18.0 Å². The summed E-state index contributed by atoms with van der Waals surface area (Å²) in [6.07, 6.45) is 2.40. The second kappa shape index (κ2) is 7.00. The first-order valence-corrected chi connectivity index (χ1v) is 7.13. The van der Waals surface area contributed by atoms with Crippen LogP contribution in [0, 0.1) is 17.5 Å². The Bertz CT molecular complexity index is 879. The van der Waals surface area contributed by atoms with Crippen LogP contribution in [0.1, 0.15) is 10.4 Å². The smallest absolute Gasteiger partial charge is 0.258 e. The van der Waals surface area contributed by atoms with Gasteiger partial charge in [-0.3, -0.25) is 4.79 Å². The van der Waals surface area contributed by atoms with Gasteiger partial charge in [0.05, 0.1) is 5.56 Å². The normalized spacial score (nSPS) is 10.4. The average Bonchev–Trinajstić information content (AvgIpc) is 2.61. The molecule has 5 nitrogen and oxygen atoms in total. The number of amides is 1. The van der Waals surface area contributed by atoms with E-state index in [4.69, 9.17) is 0 Å². The Kier molecular flexibility index (Phi) is 4.60. The lowest BCUT2D eigenvalue weighted by molar-refractivity contribution is 0.102. The molecule has 25 heavy (non-hydrogen) atoms. The van der Waals surface area contributed by atoms with Gasteiger partial charge < -0.3 is 10.6 Å². The number of hydrogen-bond acceptors (Lipinski definition) is 4. The molecule has 0 aliphatic heterocycles. The molecule has 1 heterocycles. The number of carbonyl (C=O) groups is 1.